The van der Waals surface area contributed by atoms with Gasteiger partial charge >= 0.3 is 0 Å². The molecule has 1 unspecified atom stereocenters. The molecule has 1 aromatic carbocycles. The molecule has 140 valence electrons. The van der Waals surface area contributed by atoms with Gasteiger partial charge in [0, 0.05) is 28.9 Å². The van der Waals surface area contributed by atoms with Crippen LogP contribution in [0.15, 0.2) is 35.5 Å². The minimum atomic E-state index is -0.938. The van der Waals surface area contributed by atoms with E-state index in [1.165, 1.54) is 0 Å². The van der Waals surface area contributed by atoms with Crippen LogP contribution in [0.1, 0.15) is 42.7 Å². The number of nitrogens with zero attached hydrogens (tertiary/aromatic N) is 4. The first kappa shape index (κ1) is 18.0. The van der Waals surface area contributed by atoms with Crippen LogP contribution in [0.25, 0.3) is 10.9 Å². The van der Waals surface area contributed by atoms with Crippen LogP contribution in [0, 0.1) is 11.3 Å². The molecule has 4 nitrogen and oxygen atoms in total. The summed E-state index contributed by atoms with van der Waals surface area (Å²) in [6, 6.07) is 7.05. The number of aliphatic imine (C=N–C) groups is 1. The summed E-state index contributed by atoms with van der Waals surface area (Å²) >= 11 is 6.22. The lowest BCUT2D eigenvalue weighted by Gasteiger charge is -2.37. The van der Waals surface area contributed by atoms with Crippen molar-refractivity contribution in [2.45, 2.75) is 37.5 Å². The zero-order valence-electron chi connectivity index (χ0n) is 14.7. The highest BCUT2D eigenvalue weighted by Crippen LogP contribution is 2.43. The Morgan fingerprint density at radius 3 is 2.70 bits per heavy atom. The van der Waals surface area contributed by atoms with Crippen molar-refractivity contribution >= 4 is 28.7 Å². The van der Waals surface area contributed by atoms with E-state index in [-0.39, 0.29) is 6.04 Å². The van der Waals surface area contributed by atoms with E-state index >= 15 is 0 Å². The quantitative estimate of drug-likeness (QED) is 0.715. The van der Waals surface area contributed by atoms with Crippen LogP contribution >= 0.6 is 11.6 Å². The van der Waals surface area contributed by atoms with E-state index in [2.05, 4.69) is 15.6 Å². The Kier molecular flexibility index (Phi) is 4.88. The molecule has 0 saturated heterocycles. The summed E-state index contributed by atoms with van der Waals surface area (Å²) in [5.41, 5.74) is 2.06. The molecule has 0 radical (unpaired) electrons. The van der Waals surface area contributed by atoms with Crippen LogP contribution in [0.5, 0.6) is 0 Å². The molecule has 4 rings (SSSR count). The minimum Gasteiger partial charge on any atom is -0.343 e. The Hall–Kier alpha value is -2.39. The fraction of sp³-hybridized carbons (Fsp3) is 0.400. The summed E-state index contributed by atoms with van der Waals surface area (Å²) in [5, 5.41) is 11.3. The van der Waals surface area contributed by atoms with Gasteiger partial charge in [-0.15, -0.1) is 0 Å². The number of nitriles is 1. The largest absolute Gasteiger partial charge is 0.343 e. The third kappa shape index (κ3) is 2.90. The predicted molar refractivity (Wildman–Crippen MR) is 103 cm³/mol. The predicted octanol–water partition coefficient (Wildman–Crippen LogP) is 5.10. The monoisotopic (exact) mass is 388 g/mol. The summed E-state index contributed by atoms with van der Waals surface area (Å²) in [6.45, 7) is -1.66. The summed E-state index contributed by atoms with van der Waals surface area (Å²) < 4.78 is 29.0. The molecule has 7 heteroatoms. The molecule has 2 aliphatic rings. The molecule has 27 heavy (non-hydrogen) atoms. The molecular formula is C20H19ClF2N4. The third-order valence-electron chi connectivity index (χ3n) is 5.43. The van der Waals surface area contributed by atoms with E-state index in [0.717, 1.165) is 30.2 Å². The fourth-order valence-electron chi connectivity index (χ4n) is 3.87. The summed E-state index contributed by atoms with van der Waals surface area (Å²) in [7, 11) is 0. The summed E-state index contributed by atoms with van der Waals surface area (Å²) in [6.07, 6.45) is 7.39. The van der Waals surface area contributed by atoms with Crippen LogP contribution < -0.4 is 0 Å². The molecule has 1 aliphatic carbocycles. The molecule has 1 aliphatic heterocycles. The van der Waals surface area contributed by atoms with Gasteiger partial charge in [-0.05, 0) is 37.5 Å². The van der Waals surface area contributed by atoms with Crippen molar-refractivity contribution in [3.8, 4) is 6.07 Å². The van der Waals surface area contributed by atoms with Gasteiger partial charge in [-0.25, -0.2) is 8.78 Å². The van der Waals surface area contributed by atoms with Crippen molar-refractivity contribution < 1.29 is 8.78 Å². The number of aromatic nitrogens is 1. The van der Waals surface area contributed by atoms with E-state index in [9.17, 15) is 14.0 Å². The molecule has 1 saturated carbocycles. The first-order valence-corrected chi connectivity index (χ1v) is 9.40. The smallest absolute Gasteiger partial charge is 0.163 e. The van der Waals surface area contributed by atoms with Gasteiger partial charge < -0.3 is 9.47 Å². The van der Waals surface area contributed by atoms with Gasteiger partial charge in [-0.3, -0.25) is 4.99 Å². The van der Waals surface area contributed by atoms with Crippen LogP contribution in [-0.4, -0.2) is 35.1 Å². The lowest BCUT2D eigenvalue weighted by Crippen LogP contribution is -2.39. The Morgan fingerprint density at radius 2 is 2.07 bits per heavy atom. The minimum absolute atomic E-state index is 0.236. The highest BCUT2D eigenvalue weighted by molar-refractivity contribution is 6.31. The normalized spacial score (nSPS) is 19.7. The number of alkyl halides is 2. The zero-order valence-corrected chi connectivity index (χ0v) is 15.4. The Morgan fingerprint density at radius 1 is 1.30 bits per heavy atom. The molecule has 2 aromatic rings. The van der Waals surface area contributed by atoms with Crippen molar-refractivity contribution in [1.82, 2.24) is 9.47 Å². The number of halogens is 3. The van der Waals surface area contributed by atoms with Crippen LogP contribution in [0.4, 0.5) is 8.78 Å². The highest BCUT2D eigenvalue weighted by Gasteiger charge is 2.35. The van der Waals surface area contributed by atoms with Gasteiger partial charge in [-0.1, -0.05) is 17.7 Å². The molecule has 0 N–H and O–H groups in total. The third-order valence-corrected chi connectivity index (χ3v) is 5.67. The standard InChI is InChI=1S/C20H19ClF2N4/c21-13-5-6-16-17(12-24)19(27(18(16)9-13)14-3-1-4-14)20-25-7-2-8-26(20)15(10-22)11-23/h2,5-9,14-15,20H,1,3-4,10-11H2. The number of rotatable bonds is 5. The van der Waals surface area contributed by atoms with Crippen molar-refractivity contribution in [2.75, 3.05) is 13.3 Å². The zero-order chi connectivity index (χ0) is 19.0. The molecule has 1 fully saturated rings. The number of hydrogen-bond donors (Lipinski definition) is 0. The molecule has 0 bridgehead atoms. The SMILES string of the molecule is N#Cc1c(C2N=CC=CN2C(CF)CF)n(C2CCC2)c2cc(Cl)ccc12. The first-order valence-electron chi connectivity index (χ1n) is 9.02. The number of benzene rings is 1. The maximum atomic E-state index is 13.5. The Labute approximate surface area is 161 Å². The highest BCUT2D eigenvalue weighted by atomic mass is 35.5. The molecule has 1 aromatic heterocycles. The van der Waals surface area contributed by atoms with Gasteiger partial charge in [0.1, 0.15) is 19.4 Å². The first-order chi connectivity index (χ1) is 13.2. The molecule has 2 heterocycles. The second kappa shape index (κ2) is 7.32. The molecule has 0 amide bonds. The van der Waals surface area contributed by atoms with E-state index in [1.807, 2.05) is 12.1 Å². The molecule has 1 atom stereocenters. The average Bonchev–Trinajstić information content (AvgIpc) is 2.95. The van der Waals surface area contributed by atoms with E-state index in [4.69, 9.17) is 11.6 Å². The van der Waals surface area contributed by atoms with Crippen molar-refractivity contribution in [1.29, 1.82) is 5.26 Å². The lowest BCUT2D eigenvalue weighted by atomic mass is 9.92. The maximum Gasteiger partial charge on any atom is 0.163 e. The van der Waals surface area contributed by atoms with E-state index in [1.54, 1.807) is 29.5 Å². The van der Waals surface area contributed by atoms with Crippen LogP contribution in [0.2, 0.25) is 5.02 Å². The van der Waals surface area contributed by atoms with Crippen molar-refractivity contribution in [3.05, 3.63) is 46.8 Å². The average molecular weight is 389 g/mol. The second-order valence-corrected chi connectivity index (χ2v) is 7.35. The summed E-state index contributed by atoms with van der Waals surface area (Å²) in [5.74, 6) is 0. The molecular weight excluding hydrogens is 370 g/mol. The summed E-state index contributed by atoms with van der Waals surface area (Å²) in [4.78, 5) is 6.08. The van der Waals surface area contributed by atoms with E-state index in [0.29, 0.717) is 16.3 Å². The van der Waals surface area contributed by atoms with Gasteiger partial charge in [-0.2, -0.15) is 5.26 Å². The number of fused-ring (bicyclic) bond motifs is 1. The Bertz CT molecular complexity index is 951. The van der Waals surface area contributed by atoms with Gasteiger partial charge in [0.15, 0.2) is 6.17 Å². The van der Waals surface area contributed by atoms with Crippen LogP contribution in [0.3, 0.4) is 0 Å². The number of hydrogen-bond acceptors (Lipinski definition) is 3. The number of allylic oxidation sites excluding steroid dienone is 1. The van der Waals surface area contributed by atoms with Crippen LogP contribution in [-0.2, 0) is 0 Å². The maximum absolute atomic E-state index is 13.5. The fourth-order valence-corrected chi connectivity index (χ4v) is 4.04. The van der Waals surface area contributed by atoms with Crippen molar-refractivity contribution in [3.63, 3.8) is 0 Å². The topological polar surface area (TPSA) is 44.3 Å². The molecule has 0 spiro atoms. The van der Waals surface area contributed by atoms with Gasteiger partial charge in [0.05, 0.1) is 22.8 Å². The lowest BCUT2D eigenvalue weighted by molar-refractivity contribution is 0.140. The van der Waals surface area contributed by atoms with Gasteiger partial charge in [0.2, 0.25) is 0 Å². The van der Waals surface area contributed by atoms with E-state index < -0.39 is 25.6 Å². The van der Waals surface area contributed by atoms with Crippen molar-refractivity contribution in [2.24, 2.45) is 4.99 Å². The second-order valence-electron chi connectivity index (χ2n) is 6.91. The van der Waals surface area contributed by atoms with Gasteiger partial charge in [0.25, 0.3) is 0 Å². The Balaban J connectivity index is 1.96.